The number of aliphatic hydroxyl groups is 1. The number of hydrogen-bond donors (Lipinski definition) is 1. The first-order chi connectivity index (χ1) is 9.93. The van der Waals surface area contributed by atoms with Crippen LogP contribution in [0.2, 0.25) is 0 Å². The zero-order valence-electron chi connectivity index (χ0n) is 12.7. The van der Waals surface area contributed by atoms with Crippen molar-refractivity contribution in [2.45, 2.75) is 37.2 Å². The Morgan fingerprint density at radius 3 is 2.57 bits per heavy atom. The van der Waals surface area contributed by atoms with Gasteiger partial charge in [-0.15, -0.1) is 0 Å². The van der Waals surface area contributed by atoms with Gasteiger partial charge in [-0.3, -0.25) is 13.8 Å². The third-order valence-electron chi connectivity index (χ3n) is 3.18. The number of carbonyl (C=O) groups is 1. The molecule has 1 amide bonds. The molecule has 6 heteroatoms. The standard InChI is InChI=1S/C15H23NO4S/c1-12-7-9-14(10-8-12)21(19)11-13(17)5-4-6-15(18)16(2)20-3/h7-10,13,17H,4-6,11H2,1-3H3/t13-,21+/m0/s1. The minimum Gasteiger partial charge on any atom is -0.392 e. The highest BCUT2D eigenvalue weighted by atomic mass is 32.2. The zero-order valence-corrected chi connectivity index (χ0v) is 13.6. The average Bonchev–Trinajstić information content (AvgIpc) is 2.46. The molecule has 0 aliphatic heterocycles. The quantitative estimate of drug-likeness (QED) is 0.741. The van der Waals surface area contributed by atoms with Crippen molar-refractivity contribution in [3.8, 4) is 0 Å². The van der Waals surface area contributed by atoms with E-state index < -0.39 is 16.9 Å². The summed E-state index contributed by atoms with van der Waals surface area (Å²) in [6.07, 6.45) is 0.617. The lowest BCUT2D eigenvalue weighted by atomic mass is 10.1. The summed E-state index contributed by atoms with van der Waals surface area (Å²) in [5.41, 5.74) is 1.11. The van der Waals surface area contributed by atoms with Gasteiger partial charge in [-0.1, -0.05) is 17.7 Å². The predicted molar refractivity (Wildman–Crippen MR) is 82.1 cm³/mol. The number of aliphatic hydroxyl groups excluding tert-OH is 1. The molecule has 118 valence electrons. The maximum absolute atomic E-state index is 12.1. The second-order valence-electron chi connectivity index (χ2n) is 4.95. The van der Waals surface area contributed by atoms with Crippen molar-refractivity contribution in [1.29, 1.82) is 0 Å². The first kappa shape index (κ1) is 17.8. The Morgan fingerprint density at radius 1 is 1.38 bits per heavy atom. The maximum atomic E-state index is 12.1. The van der Waals surface area contributed by atoms with Crippen LogP contribution in [0.3, 0.4) is 0 Å². The van der Waals surface area contributed by atoms with E-state index in [0.717, 1.165) is 15.5 Å². The van der Waals surface area contributed by atoms with Crippen LogP contribution in [0.1, 0.15) is 24.8 Å². The number of carbonyl (C=O) groups excluding carboxylic acids is 1. The molecule has 1 N–H and O–H groups in total. The van der Waals surface area contributed by atoms with E-state index in [1.54, 1.807) is 7.05 Å². The number of benzene rings is 1. The molecular formula is C15H23NO4S. The van der Waals surface area contributed by atoms with Gasteiger partial charge in [0.15, 0.2) is 0 Å². The minimum atomic E-state index is -1.22. The molecule has 0 aliphatic rings. The Morgan fingerprint density at radius 2 is 2.00 bits per heavy atom. The third kappa shape index (κ3) is 6.37. The molecule has 0 fully saturated rings. The van der Waals surface area contributed by atoms with E-state index in [-0.39, 0.29) is 11.7 Å². The van der Waals surface area contributed by atoms with Gasteiger partial charge < -0.3 is 5.11 Å². The molecule has 0 heterocycles. The Balaban J connectivity index is 2.33. The lowest BCUT2D eigenvalue weighted by molar-refractivity contribution is -0.168. The molecule has 1 aromatic carbocycles. The predicted octanol–water partition coefficient (Wildman–Crippen LogP) is 1.65. The summed E-state index contributed by atoms with van der Waals surface area (Å²) >= 11 is 0. The zero-order chi connectivity index (χ0) is 15.8. The smallest absolute Gasteiger partial charge is 0.245 e. The summed E-state index contributed by atoms with van der Waals surface area (Å²) in [4.78, 5) is 17.0. The van der Waals surface area contributed by atoms with Crippen molar-refractivity contribution in [3.63, 3.8) is 0 Å². The van der Waals surface area contributed by atoms with Crippen LogP contribution in [-0.2, 0) is 20.4 Å². The highest BCUT2D eigenvalue weighted by molar-refractivity contribution is 7.85. The molecule has 2 atom stereocenters. The first-order valence-corrected chi connectivity index (χ1v) is 8.19. The monoisotopic (exact) mass is 313 g/mol. The topological polar surface area (TPSA) is 66.8 Å². The second kappa shape index (κ2) is 8.92. The van der Waals surface area contributed by atoms with Gasteiger partial charge in [0.2, 0.25) is 5.91 Å². The van der Waals surface area contributed by atoms with Gasteiger partial charge in [-0.2, -0.15) is 0 Å². The van der Waals surface area contributed by atoms with Crippen LogP contribution < -0.4 is 0 Å². The number of hydrogen-bond acceptors (Lipinski definition) is 4. The number of nitrogens with zero attached hydrogens (tertiary/aromatic N) is 1. The fourth-order valence-electron chi connectivity index (χ4n) is 1.79. The van der Waals surface area contributed by atoms with Gasteiger partial charge in [-0.05, 0) is 31.9 Å². The van der Waals surface area contributed by atoms with Crippen LogP contribution in [-0.4, -0.2) is 46.3 Å². The SMILES string of the molecule is CON(C)C(=O)CCC[C@H](O)C[S@@](=O)c1ccc(C)cc1. The third-order valence-corrected chi connectivity index (χ3v) is 4.67. The summed E-state index contributed by atoms with van der Waals surface area (Å²) in [6, 6.07) is 7.43. The van der Waals surface area contributed by atoms with Crippen molar-refractivity contribution < 1.29 is 18.9 Å². The van der Waals surface area contributed by atoms with Crippen molar-refractivity contribution in [2.75, 3.05) is 19.9 Å². The first-order valence-electron chi connectivity index (χ1n) is 6.87. The molecule has 5 nitrogen and oxygen atoms in total. The molecule has 0 saturated carbocycles. The molecule has 0 aliphatic carbocycles. The summed E-state index contributed by atoms with van der Waals surface area (Å²) in [5.74, 6) is 0.0570. The van der Waals surface area contributed by atoms with Gasteiger partial charge in [-0.25, -0.2) is 5.06 Å². The van der Waals surface area contributed by atoms with E-state index in [0.29, 0.717) is 19.3 Å². The molecule has 0 radical (unpaired) electrons. The van der Waals surface area contributed by atoms with Crippen molar-refractivity contribution >= 4 is 16.7 Å². The van der Waals surface area contributed by atoms with E-state index >= 15 is 0 Å². The highest BCUT2D eigenvalue weighted by Crippen LogP contribution is 2.12. The summed E-state index contributed by atoms with van der Waals surface area (Å²) in [7, 11) is 1.76. The largest absolute Gasteiger partial charge is 0.392 e. The van der Waals surface area contributed by atoms with Crippen LogP contribution in [0.5, 0.6) is 0 Å². The van der Waals surface area contributed by atoms with E-state index in [4.69, 9.17) is 4.84 Å². The Hall–Kier alpha value is -1.24. The van der Waals surface area contributed by atoms with Gasteiger partial charge in [0, 0.05) is 18.4 Å². The summed E-state index contributed by atoms with van der Waals surface area (Å²) < 4.78 is 12.1. The average molecular weight is 313 g/mol. The van der Waals surface area contributed by atoms with Crippen molar-refractivity contribution in [2.24, 2.45) is 0 Å². The maximum Gasteiger partial charge on any atom is 0.245 e. The Bertz CT molecular complexity index is 475. The molecule has 0 spiro atoms. The fraction of sp³-hybridized carbons (Fsp3) is 0.533. The number of hydroxylamine groups is 2. The van der Waals surface area contributed by atoms with E-state index in [2.05, 4.69) is 0 Å². The molecule has 0 aromatic heterocycles. The fourth-order valence-corrected chi connectivity index (χ4v) is 2.94. The van der Waals surface area contributed by atoms with Crippen LogP contribution in [0.15, 0.2) is 29.2 Å². The highest BCUT2D eigenvalue weighted by Gasteiger charge is 2.13. The normalized spacial score (nSPS) is 13.7. The van der Waals surface area contributed by atoms with Crippen molar-refractivity contribution in [3.05, 3.63) is 29.8 Å². The number of amides is 1. The molecule has 0 saturated heterocycles. The lowest BCUT2D eigenvalue weighted by Crippen LogP contribution is -2.25. The molecule has 21 heavy (non-hydrogen) atoms. The van der Waals surface area contributed by atoms with Crippen LogP contribution in [0, 0.1) is 6.92 Å². The summed E-state index contributed by atoms with van der Waals surface area (Å²) in [6.45, 7) is 1.97. The summed E-state index contributed by atoms with van der Waals surface area (Å²) in [5, 5.41) is 11.1. The molecule has 1 aromatic rings. The Labute approximate surface area is 128 Å². The molecule has 0 bridgehead atoms. The van der Waals surface area contributed by atoms with Gasteiger partial charge in [0.05, 0.1) is 29.8 Å². The molecular weight excluding hydrogens is 290 g/mol. The van der Waals surface area contributed by atoms with Gasteiger partial charge >= 0.3 is 0 Å². The van der Waals surface area contributed by atoms with Gasteiger partial charge in [0.25, 0.3) is 0 Å². The number of rotatable bonds is 8. The van der Waals surface area contributed by atoms with Crippen LogP contribution >= 0.6 is 0 Å². The van der Waals surface area contributed by atoms with E-state index in [1.165, 1.54) is 7.11 Å². The minimum absolute atomic E-state index is 0.135. The van der Waals surface area contributed by atoms with Crippen LogP contribution in [0.4, 0.5) is 0 Å². The molecule has 1 rings (SSSR count). The lowest BCUT2D eigenvalue weighted by Gasteiger charge is -2.14. The van der Waals surface area contributed by atoms with Crippen LogP contribution in [0.25, 0.3) is 0 Å². The van der Waals surface area contributed by atoms with Crippen molar-refractivity contribution in [1.82, 2.24) is 5.06 Å². The van der Waals surface area contributed by atoms with Gasteiger partial charge in [0.1, 0.15) is 0 Å². The van der Waals surface area contributed by atoms with E-state index in [1.807, 2.05) is 31.2 Å². The molecule has 0 unspecified atom stereocenters. The second-order valence-corrected chi connectivity index (χ2v) is 6.44. The van der Waals surface area contributed by atoms with E-state index in [9.17, 15) is 14.1 Å². The Kier molecular flexibility index (Phi) is 7.56. The number of aryl methyl sites for hydroxylation is 1.